The number of anilines is 1. The molecule has 0 spiro atoms. The van der Waals surface area contributed by atoms with Crippen molar-refractivity contribution in [1.29, 1.82) is 0 Å². The van der Waals surface area contributed by atoms with Gasteiger partial charge in [0.15, 0.2) is 0 Å². The maximum Gasteiger partial charge on any atom is 0.143 e. The molecule has 0 saturated heterocycles. The van der Waals surface area contributed by atoms with Crippen LogP contribution in [0.15, 0.2) is 41.3 Å². The first-order chi connectivity index (χ1) is 8.16. The third kappa shape index (κ3) is 3.17. The number of halogens is 2. The molecule has 0 bridgehead atoms. The van der Waals surface area contributed by atoms with Crippen molar-refractivity contribution in [1.82, 2.24) is 9.97 Å². The normalized spacial score (nSPS) is 10.3. The zero-order chi connectivity index (χ0) is 12.3. The van der Waals surface area contributed by atoms with E-state index in [0.29, 0.717) is 5.02 Å². The smallest absolute Gasteiger partial charge is 0.143 e. The zero-order valence-corrected chi connectivity index (χ0v) is 11.6. The molecule has 5 heteroatoms. The second-order valence-electron chi connectivity index (χ2n) is 3.68. The summed E-state index contributed by atoms with van der Waals surface area (Å²) in [6.07, 6.45) is 5.25. The molecule has 17 heavy (non-hydrogen) atoms. The van der Waals surface area contributed by atoms with Gasteiger partial charge in [0.05, 0.1) is 9.50 Å². The number of pyridine rings is 2. The SMILES string of the molecule is CN(Cc1cccnc1)c1ncc(Cl)cc1Br. The minimum Gasteiger partial charge on any atom is -0.354 e. The van der Waals surface area contributed by atoms with Crippen LogP contribution in [0.1, 0.15) is 5.56 Å². The van der Waals surface area contributed by atoms with Crippen LogP contribution in [0, 0.1) is 0 Å². The summed E-state index contributed by atoms with van der Waals surface area (Å²) in [6, 6.07) is 5.80. The molecule has 3 nitrogen and oxygen atoms in total. The molecule has 0 aliphatic rings. The Kier molecular flexibility index (Phi) is 3.97. The van der Waals surface area contributed by atoms with Crippen LogP contribution in [0.2, 0.25) is 5.02 Å². The molecule has 2 aromatic heterocycles. The van der Waals surface area contributed by atoms with Crippen molar-refractivity contribution >= 4 is 33.3 Å². The van der Waals surface area contributed by atoms with Crippen molar-refractivity contribution in [2.45, 2.75) is 6.54 Å². The highest BCUT2D eigenvalue weighted by atomic mass is 79.9. The van der Waals surface area contributed by atoms with Gasteiger partial charge in [-0.3, -0.25) is 4.98 Å². The van der Waals surface area contributed by atoms with Crippen molar-refractivity contribution in [3.8, 4) is 0 Å². The van der Waals surface area contributed by atoms with Gasteiger partial charge < -0.3 is 4.90 Å². The van der Waals surface area contributed by atoms with Gasteiger partial charge in [0.2, 0.25) is 0 Å². The summed E-state index contributed by atoms with van der Waals surface area (Å²) in [5.41, 5.74) is 1.14. The summed E-state index contributed by atoms with van der Waals surface area (Å²) >= 11 is 9.32. The van der Waals surface area contributed by atoms with Gasteiger partial charge in [-0.2, -0.15) is 0 Å². The lowest BCUT2D eigenvalue weighted by Gasteiger charge is -2.19. The third-order valence-electron chi connectivity index (χ3n) is 2.29. The Bertz CT molecular complexity index is 504. The van der Waals surface area contributed by atoms with Crippen LogP contribution in [-0.4, -0.2) is 17.0 Å². The summed E-state index contributed by atoms with van der Waals surface area (Å²) in [6.45, 7) is 0.751. The highest BCUT2D eigenvalue weighted by Gasteiger charge is 2.08. The average Bonchev–Trinajstić information content (AvgIpc) is 2.30. The largest absolute Gasteiger partial charge is 0.354 e. The van der Waals surface area contributed by atoms with Crippen LogP contribution in [0.25, 0.3) is 0 Å². The number of hydrogen-bond donors (Lipinski definition) is 0. The summed E-state index contributed by atoms with van der Waals surface area (Å²) in [7, 11) is 1.98. The number of nitrogens with zero attached hydrogens (tertiary/aromatic N) is 3. The first kappa shape index (κ1) is 12.3. The Balaban J connectivity index is 2.17. The predicted molar refractivity (Wildman–Crippen MR) is 73.3 cm³/mol. The molecule has 2 heterocycles. The standard InChI is InChI=1S/C12H11BrClN3/c1-17(8-9-3-2-4-15-6-9)12-11(13)5-10(14)7-16-12/h2-7H,8H2,1H3. The van der Waals surface area contributed by atoms with Gasteiger partial charge in [0.25, 0.3) is 0 Å². The van der Waals surface area contributed by atoms with Gasteiger partial charge in [0, 0.05) is 32.2 Å². The Morgan fingerprint density at radius 2 is 2.24 bits per heavy atom. The van der Waals surface area contributed by atoms with Crippen molar-refractivity contribution in [3.63, 3.8) is 0 Å². The van der Waals surface area contributed by atoms with Crippen molar-refractivity contribution in [3.05, 3.63) is 51.8 Å². The van der Waals surface area contributed by atoms with E-state index in [2.05, 4.69) is 25.9 Å². The Morgan fingerprint density at radius 1 is 1.41 bits per heavy atom. The highest BCUT2D eigenvalue weighted by molar-refractivity contribution is 9.10. The summed E-state index contributed by atoms with van der Waals surface area (Å²) in [5, 5.41) is 0.621. The first-order valence-corrected chi connectivity index (χ1v) is 6.25. The highest BCUT2D eigenvalue weighted by Crippen LogP contribution is 2.26. The van der Waals surface area contributed by atoms with Crippen molar-refractivity contribution < 1.29 is 0 Å². The first-order valence-electron chi connectivity index (χ1n) is 5.08. The fourth-order valence-electron chi connectivity index (χ4n) is 1.53. The van der Waals surface area contributed by atoms with E-state index in [-0.39, 0.29) is 0 Å². The molecule has 2 rings (SSSR count). The molecule has 0 saturated carbocycles. The molecule has 2 aromatic rings. The van der Waals surface area contributed by atoms with Gasteiger partial charge in [-0.05, 0) is 33.6 Å². The van der Waals surface area contributed by atoms with Crippen LogP contribution >= 0.6 is 27.5 Å². The molecular weight excluding hydrogens is 302 g/mol. The predicted octanol–water partition coefficient (Wildman–Crippen LogP) is 3.53. The van der Waals surface area contributed by atoms with Gasteiger partial charge in [-0.15, -0.1) is 0 Å². The molecular formula is C12H11BrClN3. The molecule has 0 atom stereocenters. The Labute approximate surface area is 114 Å². The van der Waals surface area contributed by atoms with E-state index in [1.54, 1.807) is 12.4 Å². The lowest BCUT2D eigenvalue weighted by molar-refractivity contribution is 0.888. The quantitative estimate of drug-likeness (QED) is 0.868. The van der Waals surface area contributed by atoms with Gasteiger partial charge in [-0.25, -0.2) is 4.98 Å². The second kappa shape index (κ2) is 5.47. The molecule has 0 radical (unpaired) electrons. The van der Waals surface area contributed by atoms with E-state index in [0.717, 1.165) is 22.4 Å². The van der Waals surface area contributed by atoms with Crippen LogP contribution < -0.4 is 4.90 Å². The Hall–Kier alpha value is -1.13. The van der Waals surface area contributed by atoms with Crippen molar-refractivity contribution in [2.24, 2.45) is 0 Å². The van der Waals surface area contributed by atoms with Crippen LogP contribution in [-0.2, 0) is 6.54 Å². The molecule has 0 aromatic carbocycles. The maximum atomic E-state index is 5.86. The van der Waals surface area contributed by atoms with Crippen molar-refractivity contribution in [2.75, 3.05) is 11.9 Å². The van der Waals surface area contributed by atoms with E-state index in [4.69, 9.17) is 11.6 Å². The molecule has 0 fully saturated rings. The summed E-state index contributed by atoms with van der Waals surface area (Å²) < 4.78 is 0.886. The number of hydrogen-bond acceptors (Lipinski definition) is 3. The lowest BCUT2D eigenvalue weighted by atomic mass is 10.2. The third-order valence-corrected chi connectivity index (χ3v) is 3.08. The van der Waals surface area contributed by atoms with E-state index in [1.165, 1.54) is 0 Å². The fourth-order valence-corrected chi connectivity index (χ4v) is 2.47. The van der Waals surface area contributed by atoms with Crippen LogP contribution in [0.5, 0.6) is 0 Å². The molecule has 0 unspecified atom stereocenters. The average molecular weight is 313 g/mol. The minimum absolute atomic E-state index is 0.621. The molecule has 0 amide bonds. The van der Waals surface area contributed by atoms with Gasteiger partial charge in [-0.1, -0.05) is 17.7 Å². The zero-order valence-electron chi connectivity index (χ0n) is 9.27. The van der Waals surface area contributed by atoms with E-state index in [9.17, 15) is 0 Å². The van der Waals surface area contributed by atoms with Gasteiger partial charge in [0.1, 0.15) is 5.82 Å². The van der Waals surface area contributed by atoms with E-state index in [1.807, 2.05) is 36.3 Å². The lowest BCUT2D eigenvalue weighted by Crippen LogP contribution is -2.18. The number of rotatable bonds is 3. The second-order valence-corrected chi connectivity index (χ2v) is 4.97. The molecule has 0 aliphatic heterocycles. The van der Waals surface area contributed by atoms with Crippen LogP contribution in [0.3, 0.4) is 0 Å². The molecule has 0 N–H and O–H groups in total. The van der Waals surface area contributed by atoms with E-state index >= 15 is 0 Å². The summed E-state index contributed by atoms with van der Waals surface area (Å²) in [4.78, 5) is 10.4. The Morgan fingerprint density at radius 3 is 2.88 bits per heavy atom. The minimum atomic E-state index is 0.621. The van der Waals surface area contributed by atoms with Gasteiger partial charge >= 0.3 is 0 Å². The maximum absolute atomic E-state index is 5.86. The van der Waals surface area contributed by atoms with Crippen LogP contribution in [0.4, 0.5) is 5.82 Å². The topological polar surface area (TPSA) is 29.0 Å². The summed E-state index contributed by atoms with van der Waals surface area (Å²) in [5.74, 6) is 0.859. The number of aromatic nitrogens is 2. The van der Waals surface area contributed by atoms with E-state index < -0.39 is 0 Å². The monoisotopic (exact) mass is 311 g/mol. The fraction of sp³-hybridized carbons (Fsp3) is 0.167. The molecule has 88 valence electrons. The molecule has 0 aliphatic carbocycles.